The van der Waals surface area contributed by atoms with E-state index in [-0.39, 0.29) is 12.0 Å². The Labute approximate surface area is 113 Å². The van der Waals surface area contributed by atoms with E-state index in [0.29, 0.717) is 31.6 Å². The molecule has 1 aromatic rings. The van der Waals surface area contributed by atoms with E-state index in [1.165, 1.54) is 0 Å². The molecule has 0 aromatic carbocycles. The molecule has 0 saturated carbocycles. The number of aromatic nitrogens is 3. The predicted octanol–water partition coefficient (Wildman–Crippen LogP) is 1.33. The van der Waals surface area contributed by atoms with Gasteiger partial charge < -0.3 is 20.5 Å². The summed E-state index contributed by atoms with van der Waals surface area (Å²) in [5, 5.41) is 3.07. The minimum absolute atomic E-state index is 0.150. The number of hydrogen-bond donors (Lipinski definition) is 2. The smallest absolute Gasteiger partial charge is 0.323 e. The molecule has 1 aromatic heterocycles. The SMILES string of the molecule is CCOc1nc(N)nc(NCCCOCC(C)C)n1. The molecule has 0 aliphatic carbocycles. The number of ether oxygens (including phenoxy) is 2. The van der Waals surface area contributed by atoms with E-state index in [1.54, 1.807) is 0 Å². The number of nitrogen functional groups attached to an aromatic ring is 1. The predicted molar refractivity (Wildman–Crippen MR) is 74.2 cm³/mol. The van der Waals surface area contributed by atoms with Crippen LogP contribution in [0.4, 0.5) is 11.9 Å². The highest BCUT2D eigenvalue weighted by Gasteiger charge is 2.04. The van der Waals surface area contributed by atoms with E-state index in [0.717, 1.165) is 13.0 Å². The number of rotatable bonds is 9. The molecule has 1 rings (SSSR count). The highest BCUT2D eigenvalue weighted by Crippen LogP contribution is 2.08. The summed E-state index contributed by atoms with van der Waals surface area (Å²) in [6.07, 6.45) is 0.877. The lowest BCUT2D eigenvalue weighted by Crippen LogP contribution is -2.12. The maximum Gasteiger partial charge on any atom is 0.323 e. The van der Waals surface area contributed by atoms with Crippen molar-refractivity contribution in [2.24, 2.45) is 5.92 Å². The second kappa shape index (κ2) is 8.47. The molecule has 0 spiro atoms. The van der Waals surface area contributed by atoms with Gasteiger partial charge in [-0.1, -0.05) is 13.8 Å². The molecule has 0 atom stereocenters. The van der Waals surface area contributed by atoms with Crippen molar-refractivity contribution in [3.05, 3.63) is 0 Å². The van der Waals surface area contributed by atoms with Gasteiger partial charge in [-0.25, -0.2) is 0 Å². The number of hydrogen-bond acceptors (Lipinski definition) is 7. The van der Waals surface area contributed by atoms with Crippen LogP contribution in [-0.4, -0.2) is 41.3 Å². The Balaban J connectivity index is 2.28. The Morgan fingerprint density at radius 3 is 2.74 bits per heavy atom. The van der Waals surface area contributed by atoms with Crippen molar-refractivity contribution in [3.63, 3.8) is 0 Å². The van der Waals surface area contributed by atoms with Crippen LogP contribution in [0.1, 0.15) is 27.2 Å². The molecular weight excluding hydrogens is 246 g/mol. The Morgan fingerprint density at radius 2 is 2.05 bits per heavy atom. The average molecular weight is 269 g/mol. The minimum Gasteiger partial charge on any atom is -0.464 e. The van der Waals surface area contributed by atoms with Gasteiger partial charge in [-0.2, -0.15) is 15.0 Å². The normalized spacial score (nSPS) is 10.7. The van der Waals surface area contributed by atoms with E-state index in [1.807, 2.05) is 6.92 Å². The van der Waals surface area contributed by atoms with Gasteiger partial charge in [-0.15, -0.1) is 0 Å². The Morgan fingerprint density at radius 1 is 1.26 bits per heavy atom. The van der Waals surface area contributed by atoms with Gasteiger partial charge in [0, 0.05) is 19.8 Å². The summed E-state index contributed by atoms with van der Waals surface area (Å²) in [6, 6.07) is 0.244. The number of anilines is 2. The van der Waals surface area contributed by atoms with Crippen LogP contribution in [0, 0.1) is 5.92 Å². The van der Waals surface area contributed by atoms with Crippen molar-refractivity contribution in [2.45, 2.75) is 27.2 Å². The third-order valence-corrected chi connectivity index (χ3v) is 2.11. The number of nitrogens with one attached hydrogen (secondary N) is 1. The van der Waals surface area contributed by atoms with Gasteiger partial charge in [0.2, 0.25) is 11.9 Å². The molecule has 0 amide bonds. The van der Waals surface area contributed by atoms with E-state index in [4.69, 9.17) is 15.2 Å². The van der Waals surface area contributed by atoms with Gasteiger partial charge in [-0.05, 0) is 19.3 Å². The molecule has 1 heterocycles. The standard InChI is InChI=1S/C12H23N5O2/c1-4-19-12-16-10(13)15-11(17-12)14-6-5-7-18-8-9(2)3/h9H,4-8H2,1-3H3,(H3,13,14,15,16,17). The van der Waals surface area contributed by atoms with Crippen molar-refractivity contribution >= 4 is 11.9 Å². The summed E-state index contributed by atoms with van der Waals surface area (Å²) >= 11 is 0. The molecule has 19 heavy (non-hydrogen) atoms. The second-order valence-corrected chi connectivity index (χ2v) is 4.48. The molecule has 0 unspecified atom stereocenters. The monoisotopic (exact) mass is 269 g/mol. The van der Waals surface area contributed by atoms with Crippen molar-refractivity contribution < 1.29 is 9.47 Å². The molecule has 7 heteroatoms. The van der Waals surface area contributed by atoms with Gasteiger partial charge in [0.1, 0.15) is 0 Å². The summed E-state index contributed by atoms with van der Waals surface area (Å²) in [5.74, 6) is 1.14. The first-order valence-corrected chi connectivity index (χ1v) is 6.57. The third-order valence-electron chi connectivity index (χ3n) is 2.11. The van der Waals surface area contributed by atoms with Gasteiger partial charge in [0.05, 0.1) is 6.61 Å². The summed E-state index contributed by atoms with van der Waals surface area (Å²) in [4.78, 5) is 11.9. The van der Waals surface area contributed by atoms with Crippen LogP contribution in [0.5, 0.6) is 6.01 Å². The molecule has 0 radical (unpaired) electrons. The second-order valence-electron chi connectivity index (χ2n) is 4.48. The molecule has 0 bridgehead atoms. The fourth-order valence-electron chi connectivity index (χ4n) is 1.34. The van der Waals surface area contributed by atoms with Crippen LogP contribution in [0.25, 0.3) is 0 Å². The van der Waals surface area contributed by atoms with Crippen LogP contribution < -0.4 is 15.8 Å². The van der Waals surface area contributed by atoms with Crippen molar-refractivity contribution in [1.82, 2.24) is 15.0 Å². The van der Waals surface area contributed by atoms with Crippen molar-refractivity contribution in [2.75, 3.05) is 37.4 Å². The first-order chi connectivity index (χ1) is 9.11. The first kappa shape index (κ1) is 15.4. The first-order valence-electron chi connectivity index (χ1n) is 6.57. The number of nitrogens with zero attached hydrogens (tertiary/aromatic N) is 3. The van der Waals surface area contributed by atoms with Crippen LogP contribution in [0.2, 0.25) is 0 Å². The molecule has 0 aliphatic heterocycles. The maximum atomic E-state index is 5.57. The molecule has 0 aliphatic rings. The zero-order valence-electron chi connectivity index (χ0n) is 11.8. The van der Waals surface area contributed by atoms with Gasteiger partial charge in [0.25, 0.3) is 0 Å². The van der Waals surface area contributed by atoms with E-state index >= 15 is 0 Å². The topological polar surface area (TPSA) is 95.2 Å². The Bertz CT molecular complexity index is 373. The van der Waals surface area contributed by atoms with Crippen molar-refractivity contribution in [1.29, 1.82) is 0 Å². The van der Waals surface area contributed by atoms with Gasteiger partial charge >= 0.3 is 6.01 Å². The third kappa shape index (κ3) is 6.76. The molecule has 0 fully saturated rings. The Hall–Kier alpha value is -1.63. The van der Waals surface area contributed by atoms with Gasteiger partial charge in [0.15, 0.2) is 0 Å². The van der Waals surface area contributed by atoms with Crippen LogP contribution in [-0.2, 0) is 4.74 Å². The van der Waals surface area contributed by atoms with E-state index in [2.05, 4.69) is 34.1 Å². The van der Waals surface area contributed by atoms with Crippen molar-refractivity contribution in [3.8, 4) is 6.01 Å². The zero-order chi connectivity index (χ0) is 14.1. The lowest BCUT2D eigenvalue weighted by molar-refractivity contribution is 0.110. The summed E-state index contributed by atoms with van der Waals surface area (Å²) in [7, 11) is 0. The lowest BCUT2D eigenvalue weighted by atomic mass is 10.2. The summed E-state index contributed by atoms with van der Waals surface area (Å²) < 4.78 is 10.7. The summed E-state index contributed by atoms with van der Waals surface area (Å²) in [6.45, 7) is 8.82. The average Bonchev–Trinajstić information content (AvgIpc) is 2.33. The highest BCUT2D eigenvalue weighted by molar-refractivity contribution is 5.32. The molecule has 3 N–H and O–H groups in total. The molecule has 108 valence electrons. The lowest BCUT2D eigenvalue weighted by Gasteiger charge is -2.08. The molecular formula is C12H23N5O2. The van der Waals surface area contributed by atoms with Crippen LogP contribution in [0.15, 0.2) is 0 Å². The fraction of sp³-hybridized carbons (Fsp3) is 0.750. The fourth-order valence-corrected chi connectivity index (χ4v) is 1.34. The molecule has 7 nitrogen and oxygen atoms in total. The number of nitrogens with two attached hydrogens (primary N) is 1. The largest absolute Gasteiger partial charge is 0.464 e. The highest BCUT2D eigenvalue weighted by atomic mass is 16.5. The van der Waals surface area contributed by atoms with Gasteiger partial charge in [-0.3, -0.25) is 0 Å². The molecule has 0 saturated heterocycles. The maximum absolute atomic E-state index is 5.57. The van der Waals surface area contributed by atoms with Crippen LogP contribution >= 0.6 is 0 Å². The summed E-state index contributed by atoms with van der Waals surface area (Å²) in [5.41, 5.74) is 5.57. The van der Waals surface area contributed by atoms with E-state index in [9.17, 15) is 0 Å². The van der Waals surface area contributed by atoms with E-state index < -0.39 is 0 Å². The zero-order valence-corrected chi connectivity index (χ0v) is 11.8. The minimum atomic E-state index is 0.150. The Kier molecular flexibility index (Phi) is 6.88. The van der Waals surface area contributed by atoms with Crippen LogP contribution in [0.3, 0.4) is 0 Å². The quantitative estimate of drug-likeness (QED) is 0.653.